The molecule has 1 N–H and O–H groups in total. The average Bonchev–Trinajstić information content (AvgIpc) is 2.98. The number of anilines is 1. The molecule has 0 atom stereocenters. The second-order valence-electron chi connectivity index (χ2n) is 7.44. The molecule has 1 aliphatic rings. The van der Waals surface area contributed by atoms with E-state index < -0.39 is 0 Å². The zero-order valence-electron chi connectivity index (χ0n) is 18.7. The van der Waals surface area contributed by atoms with Gasteiger partial charge in [-0.3, -0.25) is 14.5 Å². The number of rotatable bonds is 10. The van der Waals surface area contributed by atoms with Crippen LogP contribution in [-0.2, 0) is 14.3 Å². The normalized spacial score (nSPS) is 13.9. The van der Waals surface area contributed by atoms with E-state index in [9.17, 15) is 9.59 Å². The van der Waals surface area contributed by atoms with E-state index in [1.54, 1.807) is 0 Å². The van der Waals surface area contributed by atoms with Crippen LogP contribution >= 0.6 is 0 Å². The second-order valence-corrected chi connectivity index (χ2v) is 7.44. The van der Waals surface area contributed by atoms with E-state index in [1.165, 1.54) is 4.90 Å². The zero-order chi connectivity index (χ0) is 22.4. The number of imide groups is 1. The molecule has 0 radical (unpaired) electrons. The minimum absolute atomic E-state index is 0.294. The molecule has 0 fully saturated rings. The van der Waals surface area contributed by atoms with Crippen molar-refractivity contribution in [3.8, 4) is 5.75 Å². The van der Waals surface area contributed by atoms with Crippen LogP contribution in [0.1, 0.15) is 37.0 Å². The molecule has 0 bridgehead atoms. The molecule has 164 valence electrons. The molecule has 0 unspecified atom stereocenters. The third-order valence-electron chi connectivity index (χ3n) is 5.27. The molecule has 3 rings (SSSR count). The zero-order valence-corrected chi connectivity index (χ0v) is 18.7. The molecule has 2 aromatic carbocycles. The fraction of sp³-hybridized carbons (Fsp3) is 0.360. The minimum atomic E-state index is -0.316. The lowest BCUT2D eigenvalue weighted by Gasteiger charge is -2.15. The Kier molecular flexibility index (Phi) is 7.47. The van der Waals surface area contributed by atoms with Gasteiger partial charge in [-0.15, -0.1) is 0 Å². The lowest BCUT2D eigenvalue weighted by molar-refractivity contribution is -0.137. The maximum atomic E-state index is 13.2. The van der Waals surface area contributed by atoms with Crippen molar-refractivity contribution in [2.24, 2.45) is 0 Å². The van der Waals surface area contributed by atoms with Gasteiger partial charge >= 0.3 is 0 Å². The fourth-order valence-electron chi connectivity index (χ4n) is 3.48. The Morgan fingerprint density at radius 1 is 0.903 bits per heavy atom. The summed E-state index contributed by atoms with van der Waals surface area (Å²) in [5, 5.41) is 3.21. The van der Waals surface area contributed by atoms with Crippen molar-refractivity contribution in [2.75, 3.05) is 31.7 Å². The minimum Gasteiger partial charge on any atom is -0.494 e. The molecule has 2 aromatic rings. The topological polar surface area (TPSA) is 67.9 Å². The highest BCUT2D eigenvalue weighted by atomic mass is 16.5. The monoisotopic (exact) mass is 422 g/mol. The Bertz CT molecular complexity index is 980. The van der Waals surface area contributed by atoms with E-state index in [1.807, 2.05) is 70.2 Å². The van der Waals surface area contributed by atoms with Crippen LogP contribution in [0.4, 0.5) is 5.69 Å². The highest BCUT2D eigenvalue weighted by Crippen LogP contribution is 2.32. The van der Waals surface area contributed by atoms with Gasteiger partial charge in [0.25, 0.3) is 11.8 Å². The number of benzene rings is 2. The van der Waals surface area contributed by atoms with Gasteiger partial charge in [0.15, 0.2) is 0 Å². The molecular formula is C25H30N2O4. The van der Waals surface area contributed by atoms with Crippen molar-refractivity contribution >= 4 is 23.1 Å². The first-order valence-corrected chi connectivity index (χ1v) is 10.7. The van der Waals surface area contributed by atoms with Gasteiger partial charge in [0.2, 0.25) is 0 Å². The highest BCUT2D eigenvalue weighted by molar-refractivity contribution is 6.36. The number of aryl methyl sites for hydroxylation is 2. The molecule has 0 aliphatic carbocycles. The smallest absolute Gasteiger partial charge is 0.278 e. The van der Waals surface area contributed by atoms with E-state index in [0.717, 1.165) is 22.6 Å². The van der Waals surface area contributed by atoms with Crippen LogP contribution in [0.3, 0.4) is 0 Å². The quantitative estimate of drug-likeness (QED) is 0.456. The maximum Gasteiger partial charge on any atom is 0.278 e. The van der Waals surface area contributed by atoms with E-state index >= 15 is 0 Å². The van der Waals surface area contributed by atoms with Crippen LogP contribution in [0.25, 0.3) is 5.57 Å². The molecule has 2 amide bonds. The Morgan fingerprint density at radius 2 is 1.65 bits per heavy atom. The van der Waals surface area contributed by atoms with Gasteiger partial charge in [-0.25, -0.2) is 0 Å². The Balaban J connectivity index is 1.94. The van der Waals surface area contributed by atoms with Crippen LogP contribution in [0.15, 0.2) is 48.2 Å². The molecule has 0 spiro atoms. The molecule has 0 saturated heterocycles. The highest BCUT2D eigenvalue weighted by Gasteiger charge is 2.38. The van der Waals surface area contributed by atoms with Crippen molar-refractivity contribution in [1.82, 2.24) is 4.90 Å². The molecule has 0 aromatic heterocycles. The second kappa shape index (κ2) is 10.3. The SMILES string of the molecule is CCOCCCN1C(=O)C(Nc2ccc(C)c(C)c2)=C(c2ccc(OCC)cc2)C1=O. The third-order valence-corrected chi connectivity index (χ3v) is 5.27. The number of hydrogen-bond acceptors (Lipinski definition) is 5. The lowest BCUT2D eigenvalue weighted by atomic mass is 10.0. The van der Waals surface area contributed by atoms with Crippen LogP contribution < -0.4 is 10.1 Å². The van der Waals surface area contributed by atoms with E-state index in [4.69, 9.17) is 9.47 Å². The summed E-state index contributed by atoms with van der Waals surface area (Å²) >= 11 is 0. The van der Waals surface area contributed by atoms with Gasteiger partial charge in [0, 0.05) is 25.4 Å². The van der Waals surface area contributed by atoms with Gasteiger partial charge in [-0.1, -0.05) is 18.2 Å². The maximum absolute atomic E-state index is 13.2. The molecule has 1 heterocycles. The molecule has 0 saturated carbocycles. The summed E-state index contributed by atoms with van der Waals surface area (Å²) in [6.07, 6.45) is 0.596. The Hall–Kier alpha value is -3.12. The fourth-order valence-corrected chi connectivity index (χ4v) is 3.48. The predicted molar refractivity (Wildman–Crippen MR) is 122 cm³/mol. The first kappa shape index (κ1) is 22.6. The summed E-state index contributed by atoms with van der Waals surface area (Å²) in [6, 6.07) is 13.2. The summed E-state index contributed by atoms with van der Waals surface area (Å²) in [5.41, 5.74) is 4.41. The van der Waals surface area contributed by atoms with Crippen molar-refractivity contribution in [1.29, 1.82) is 0 Å². The number of carbonyl (C=O) groups excluding carboxylic acids is 2. The third kappa shape index (κ3) is 5.14. The lowest BCUT2D eigenvalue weighted by Crippen LogP contribution is -2.34. The summed E-state index contributed by atoms with van der Waals surface area (Å²) in [5.74, 6) is 0.112. The number of carbonyl (C=O) groups is 2. The Labute approximate surface area is 183 Å². The summed E-state index contributed by atoms with van der Waals surface area (Å²) in [7, 11) is 0. The number of nitrogens with zero attached hydrogens (tertiary/aromatic N) is 1. The van der Waals surface area contributed by atoms with Crippen molar-refractivity contribution in [3.63, 3.8) is 0 Å². The van der Waals surface area contributed by atoms with E-state index in [-0.39, 0.29) is 11.8 Å². The van der Waals surface area contributed by atoms with Crippen molar-refractivity contribution in [3.05, 3.63) is 64.9 Å². The van der Waals surface area contributed by atoms with Gasteiger partial charge in [0.05, 0.1) is 12.2 Å². The van der Waals surface area contributed by atoms with Crippen LogP contribution in [0.2, 0.25) is 0 Å². The average molecular weight is 423 g/mol. The van der Waals surface area contributed by atoms with Crippen LogP contribution in [-0.4, -0.2) is 43.1 Å². The number of hydrogen-bond donors (Lipinski definition) is 1. The summed E-state index contributed by atoms with van der Waals surface area (Å²) < 4.78 is 10.9. The number of nitrogens with one attached hydrogen (secondary N) is 1. The van der Waals surface area contributed by atoms with Gasteiger partial charge in [-0.2, -0.15) is 0 Å². The number of amides is 2. The van der Waals surface area contributed by atoms with Crippen LogP contribution in [0, 0.1) is 13.8 Å². The predicted octanol–water partition coefficient (Wildman–Crippen LogP) is 4.32. The van der Waals surface area contributed by atoms with Gasteiger partial charge < -0.3 is 14.8 Å². The Morgan fingerprint density at radius 3 is 2.29 bits per heavy atom. The standard InChI is InChI=1S/C25H30N2O4/c1-5-30-15-7-14-27-24(28)22(19-9-12-21(13-10-19)31-6-2)23(25(27)29)26-20-11-8-17(3)18(4)16-20/h8-13,16,26H,5-7,14-15H2,1-4H3. The number of ether oxygens (including phenoxy) is 2. The van der Waals surface area contributed by atoms with Crippen molar-refractivity contribution in [2.45, 2.75) is 34.1 Å². The van der Waals surface area contributed by atoms with E-state index in [0.29, 0.717) is 49.6 Å². The largest absolute Gasteiger partial charge is 0.494 e. The molecule has 6 heteroatoms. The molecular weight excluding hydrogens is 392 g/mol. The van der Waals surface area contributed by atoms with Crippen LogP contribution in [0.5, 0.6) is 5.75 Å². The van der Waals surface area contributed by atoms with Gasteiger partial charge in [0.1, 0.15) is 11.4 Å². The molecule has 6 nitrogen and oxygen atoms in total. The molecule has 31 heavy (non-hydrogen) atoms. The summed E-state index contributed by atoms with van der Waals surface area (Å²) in [4.78, 5) is 27.8. The van der Waals surface area contributed by atoms with Gasteiger partial charge in [-0.05, 0) is 75.1 Å². The molecule has 1 aliphatic heterocycles. The van der Waals surface area contributed by atoms with Crippen molar-refractivity contribution < 1.29 is 19.1 Å². The first-order chi connectivity index (χ1) is 15.0. The summed E-state index contributed by atoms with van der Waals surface area (Å²) in [6.45, 7) is 9.88. The van der Waals surface area contributed by atoms with E-state index in [2.05, 4.69) is 5.32 Å². The first-order valence-electron chi connectivity index (χ1n) is 10.7.